The third-order valence-corrected chi connectivity index (χ3v) is 7.19. The molecule has 0 bridgehead atoms. The molecule has 1 unspecified atom stereocenters. The van der Waals surface area contributed by atoms with Crippen LogP contribution in [0.15, 0.2) is 27.8 Å². The Hall–Kier alpha value is -1.51. The molecule has 1 saturated heterocycles. The van der Waals surface area contributed by atoms with Gasteiger partial charge in [-0.2, -0.15) is 4.31 Å². The third-order valence-electron chi connectivity index (χ3n) is 3.91. The lowest BCUT2D eigenvalue weighted by molar-refractivity contribution is 0.390. The molecule has 2 aromatic heterocycles. The van der Waals surface area contributed by atoms with Crippen LogP contribution in [-0.2, 0) is 10.0 Å². The van der Waals surface area contributed by atoms with Crippen molar-refractivity contribution in [1.82, 2.24) is 14.3 Å². The molecular weight excluding hydrogens is 332 g/mol. The van der Waals surface area contributed by atoms with Gasteiger partial charge in [-0.1, -0.05) is 6.07 Å². The van der Waals surface area contributed by atoms with Gasteiger partial charge in [0.15, 0.2) is 0 Å². The maximum absolute atomic E-state index is 12.9. The summed E-state index contributed by atoms with van der Waals surface area (Å²) in [5.41, 5.74) is 0.777. The molecule has 6 nitrogen and oxygen atoms in total. The van der Waals surface area contributed by atoms with Gasteiger partial charge in [0.2, 0.25) is 0 Å². The van der Waals surface area contributed by atoms with Crippen molar-refractivity contribution in [2.24, 2.45) is 0 Å². The van der Waals surface area contributed by atoms with Crippen molar-refractivity contribution in [1.29, 1.82) is 0 Å². The van der Waals surface area contributed by atoms with E-state index in [1.807, 2.05) is 32.0 Å². The first-order valence-electron chi connectivity index (χ1n) is 7.48. The van der Waals surface area contributed by atoms with E-state index in [4.69, 9.17) is 0 Å². The van der Waals surface area contributed by atoms with E-state index in [1.54, 1.807) is 21.8 Å². The molecule has 1 aliphatic heterocycles. The molecule has 8 heteroatoms. The van der Waals surface area contributed by atoms with E-state index in [9.17, 15) is 8.42 Å². The zero-order valence-electron chi connectivity index (χ0n) is 13.4. The van der Waals surface area contributed by atoms with E-state index in [-0.39, 0.29) is 6.04 Å². The van der Waals surface area contributed by atoms with E-state index < -0.39 is 10.0 Å². The van der Waals surface area contributed by atoms with E-state index in [2.05, 4.69) is 9.97 Å². The summed E-state index contributed by atoms with van der Waals surface area (Å²) in [6, 6.07) is 5.09. The number of hydrogen-bond acceptors (Lipinski definition) is 6. The first-order valence-corrected chi connectivity index (χ1v) is 9.80. The highest BCUT2D eigenvalue weighted by Crippen LogP contribution is 2.37. The highest BCUT2D eigenvalue weighted by molar-refractivity contribution is 7.91. The molecular formula is C15H20N4O2S2. The monoisotopic (exact) mass is 352 g/mol. The average molecular weight is 352 g/mol. The SMILES string of the molecule is Cc1nc(C2CCCN2S(=O)(=O)c2cccs2)cc(N(C)C)n1. The van der Waals surface area contributed by atoms with Gasteiger partial charge in [-0.25, -0.2) is 18.4 Å². The summed E-state index contributed by atoms with van der Waals surface area (Å²) in [5.74, 6) is 1.46. The van der Waals surface area contributed by atoms with E-state index in [0.717, 1.165) is 24.4 Å². The van der Waals surface area contributed by atoms with Crippen LogP contribution in [0.2, 0.25) is 0 Å². The van der Waals surface area contributed by atoms with Crippen molar-refractivity contribution in [2.75, 3.05) is 25.5 Å². The van der Waals surface area contributed by atoms with Crippen molar-refractivity contribution in [3.05, 3.63) is 35.1 Å². The number of aromatic nitrogens is 2. The van der Waals surface area contributed by atoms with Gasteiger partial charge in [-0.3, -0.25) is 0 Å². The van der Waals surface area contributed by atoms with Crippen LogP contribution in [0.3, 0.4) is 0 Å². The van der Waals surface area contributed by atoms with E-state index in [0.29, 0.717) is 16.6 Å². The van der Waals surface area contributed by atoms with Crippen LogP contribution in [0.4, 0.5) is 5.82 Å². The van der Waals surface area contributed by atoms with Gasteiger partial charge in [0.1, 0.15) is 15.9 Å². The minimum Gasteiger partial charge on any atom is -0.363 e. The second kappa shape index (κ2) is 6.18. The average Bonchev–Trinajstić information content (AvgIpc) is 3.18. The molecule has 1 atom stereocenters. The molecule has 23 heavy (non-hydrogen) atoms. The van der Waals surface area contributed by atoms with Crippen molar-refractivity contribution in [3.63, 3.8) is 0 Å². The number of sulfonamides is 1. The zero-order chi connectivity index (χ0) is 16.6. The predicted octanol–water partition coefficient (Wildman–Crippen LogP) is 2.44. The van der Waals surface area contributed by atoms with Gasteiger partial charge in [-0.05, 0) is 31.2 Å². The van der Waals surface area contributed by atoms with Crippen LogP contribution in [0, 0.1) is 6.92 Å². The maximum Gasteiger partial charge on any atom is 0.253 e. The molecule has 0 spiro atoms. The molecule has 1 aliphatic rings. The van der Waals surface area contributed by atoms with E-state index in [1.165, 1.54) is 11.3 Å². The lowest BCUT2D eigenvalue weighted by Crippen LogP contribution is -2.31. The molecule has 0 amide bonds. The number of thiophene rings is 1. The molecule has 0 N–H and O–H groups in total. The Bertz CT molecular complexity index is 788. The fraction of sp³-hybridized carbons (Fsp3) is 0.467. The molecule has 124 valence electrons. The van der Waals surface area contributed by atoms with Crippen molar-refractivity contribution in [2.45, 2.75) is 30.0 Å². The summed E-state index contributed by atoms with van der Waals surface area (Å²) >= 11 is 1.25. The standard InChI is InChI=1S/C15H20N4O2S2/c1-11-16-12(10-14(17-11)18(2)3)13-6-4-8-19(13)23(20,21)15-7-5-9-22-15/h5,7,9-10,13H,4,6,8H2,1-3H3. The lowest BCUT2D eigenvalue weighted by Gasteiger charge is -2.24. The minimum absolute atomic E-state index is 0.220. The Kier molecular flexibility index (Phi) is 4.39. The van der Waals surface area contributed by atoms with Gasteiger partial charge in [0, 0.05) is 26.7 Å². The van der Waals surface area contributed by atoms with Crippen molar-refractivity contribution >= 4 is 27.2 Å². The molecule has 2 aromatic rings. The first-order chi connectivity index (χ1) is 10.9. The Morgan fingerprint density at radius 2 is 2.13 bits per heavy atom. The van der Waals surface area contributed by atoms with Crippen LogP contribution in [0.25, 0.3) is 0 Å². The fourth-order valence-corrected chi connectivity index (χ4v) is 5.61. The maximum atomic E-state index is 12.9. The zero-order valence-corrected chi connectivity index (χ0v) is 15.1. The number of aryl methyl sites for hydroxylation is 1. The predicted molar refractivity (Wildman–Crippen MR) is 91.3 cm³/mol. The molecule has 3 rings (SSSR count). The molecule has 3 heterocycles. The third kappa shape index (κ3) is 3.11. The number of hydrogen-bond donors (Lipinski definition) is 0. The van der Waals surface area contributed by atoms with Gasteiger partial charge in [0.25, 0.3) is 10.0 Å². The highest BCUT2D eigenvalue weighted by atomic mass is 32.2. The van der Waals surface area contributed by atoms with Gasteiger partial charge in [0.05, 0.1) is 11.7 Å². The van der Waals surface area contributed by atoms with Crippen LogP contribution in [-0.4, -0.2) is 43.3 Å². The smallest absolute Gasteiger partial charge is 0.253 e. The molecule has 0 saturated carbocycles. The number of rotatable bonds is 4. The highest BCUT2D eigenvalue weighted by Gasteiger charge is 2.37. The van der Waals surface area contributed by atoms with Gasteiger partial charge >= 0.3 is 0 Å². The summed E-state index contributed by atoms with van der Waals surface area (Å²) in [4.78, 5) is 10.8. The van der Waals surface area contributed by atoms with Gasteiger partial charge in [-0.15, -0.1) is 11.3 Å². The Morgan fingerprint density at radius 1 is 1.35 bits per heavy atom. The van der Waals surface area contributed by atoms with Crippen LogP contribution in [0.5, 0.6) is 0 Å². The molecule has 1 fully saturated rings. The molecule has 0 aliphatic carbocycles. The Labute approximate surface area is 140 Å². The summed E-state index contributed by atoms with van der Waals surface area (Å²) in [6.45, 7) is 2.37. The normalized spacial score (nSPS) is 19.2. The topological polar surface area (TPSA) is 66.4 Å². The summed E-state index contributed by atoms with van der Waals surface area (Å²) in [5, 5.41) is 1.79. The van der Waals surface area contributed by atoms with Gasteiger partial charge < -0.3 is 4.90 Å². The van der Waals surface area contributed by atoms with E-state index >= 15 is 0 Å². The number of anilines is 1. The number of nitrogens with zero attached hydrogens (tertiary/aromatic N) is 4. The summed E-state index contributed by atoms with van der Waals surface area (Å²) in [7, 11) is 0.373. The first kappa shape index (κ1) is 16.4. The minimum atomic E-state index is -3.46. The molecule has 0 radical (unpaired) electrons. The largest absolute Gasteiger partial charge is 0.363 e. The Morgan fingerprint density at radius 3 is 2.78 bits per heavy atom. The lowest BCUT2D eigenvalue weighted by atomic mass is 10.1. The quantitative estimate of drug-likeness (QED) is 0.845. The summed E-state index contributed by atoms with van der Waals surface area (Å²) in [6.07, 6.45) is 1.63. The fourth-order valence-electron chi connectivity index (χ4n) is 2.82. The molecule has 0 aromatic carbocycles. The second-order valence-corrected chi connectivity index (χ2v) is 8.86. The van der Waals surface area contributed by atoms with Crippen molar-refractivity contribution in [3.8, 4) is 0 Å². The van der Waals surface area contributed by atoms with Crippen molar-refractivity contribution < 1.29 is 8.42 Å². The summed E-state index contributed by atoms with van der Waals surface area (Å²) < 4.78 is 27.7. The van der Waals surface area contributed by atoms with Crippen LogP contribution in [0.1, 0.15) is 30.4 Å². The van der Waals surface area contributed by atoms with Crippen LogP contribution < -0.4 is 4.90 Å². The second-order valence-electron chi connectivity index (χ2n) is 5.80. The van der Waals surface area contributed by atoms with Crippen LogP contribution >= 0.6 is 11.3 Å². The Balaban J connectivity index is 2.00.